The summed E-state index contributed by atoms with van der Waals surface area (Å²) >= 11 is 0. The van der Waals surface area contributed by atoms with Gasteiger partial charge in [-0.15, -0.1) is 0 Å². The van der Waals surface area contributed by atoms with Gasteiger partial charge in [-0.1, -0.05) is 0 Å². The average molecular weight is 159 g/mol. The number of aliphatic carboxylic acids is 1. The molecule has 1 rings (SSSR count). The Bertz CT molecular complexity index is 160. The molecule has 0 aromatic carbocycles. The number of hydrogen-bond acceptors (Lipinski definition) is 3. The quantitative estimate of drug-likeness (QED) is 0.586. The SMILES string of the molecule is CO[C@H]1CC[C@@H](C(=O)O)[C@@H]1N. The first kappa shape index (κ1) is 8.49. The van der Waals surface area contributed by atoms with Gasteiger partial charge in [-0.25, -0.2) is 0 Å². The standard InChI is InChI=1S/C7H13NO3/c1-11-5-3-2-4(6(5)8)7(9)10/h4-6H,2-3,8H2,1H3,(H,9,10)/t4-,5+,6+/m1/s1. The monoisotopic (exact) mass is 159 g/mol. The van der Waals surface area contributed by atoms with Crippen molar-refractivity contribution in [2.45, 2.75) is 25.0 Å². The Morgan fingerprint density at radius 2 is 2.27 bits per heavy atom. The zero-order valence-electron chi connectivity index (χ0n) is 6.49. The van der Waals surface area contributed by atoms with Crippen molar-refractivity contribution in [2.24, 2.45) is 11.7 Å². The van der Waals surface area contributed by atoms with Gasteiger partial charge in [0.15, 0.2) is 0 Å². The predicted octanol–water partition coefficient (Wildman–Crippen LogP) is -0.177. The van der Waals surface area contributed by atoms with E-state index < -0.39 is 11.9 Å². The van der Waals surface area contributed by atoms with Crippen LogP contribution in [0.2, 0.25) is 0 Å². The van der Waals surface area contributed by atoms with Gasteiger partial charge < -0.3 is 15.6 Å². The third-order valence-corrected chi connectivity index (χ3v) is 2.28. The molecule has 0 heterocycles. The highest BCUT2D eigenvalue weighted by Crippen LogP contribution is 2.26. The fourth-order valence-electron chi connectivity index (χ4n) is 1.55. The first-order valence-electron chi connectivity index (χ1n) is 3.68. The van der Waals surface area contributed by atoms with Crippen LogP contribution in [-0.4, -0.2) is 30.3 Å². The smallest absolute Gasteiger partial charge is 0.308 e. The summed E-state index contributed by atoms with van der Waals surface area (Å²) in [7, 11) is 1.56. The second-order valence-corrected chi connectivity index (χ2v) is 2.87. The molecule has 4 nitrogen and oxygen atoms in total. The maximum Gasteiger partial charge on any atom is 0.308 e. The minimum Gasteiger partial charge on any atom is -0.481 e. The molecule has 1 aliphatic rings. The van der Waals surface area contributed by atoms with E-state index in [1.807, 2.05) is 0 Å². The summed E-state index contributed by atoms with van der Waals surface area (Å²) in [6.45, 7) is 0. The van der Waals surface area contributed by atoms with Crippen LogP contribution in [0.3, 0.4) is 0 Å². The van der Waals surface area contributed by atoms with Crippen molar-refractivity contribution < 1.29 is 14.6 Å². The van der Waals surface area contributed by atoms with Gasteiger partial charge in [-0.05, 0) is 12.8 Å². The molecule has 3 atom stereocenters. The fourth-order valence-corrected chi connectivity index (χ4v) is 1.55. The first-order valence-corrected chi connectivity index (χ1v) is 3.68. The Kier molecular flexibility index (Phi) is 2.46. The highest BCUT2D eigenvalue weighted by atomic mass is 16.5. The summed E-state index contributed by atoms with van der Waals surface area (Å²) in [5.41, 5.74) is 5.63. The number of nitrogens with two attached hydrogens (primary N) is 1. The Labute approximate surface area is 65.3 Å². The molecule has 0 aromatic rings. The van der Waals surface area contributed by atoms with Crippen molar-refractivity contribution in [2.75, 3.05) is 7.11 Å². The van der Waals surface area contributed by atoms with E-state index in [1.165, 1.54) is 0 Å². The lowest BCUT2D eigenvalue weighted by Crippen LogP contribution is -2.39. The fraction of sp³-hybridized carbons (Fsp3) is 0.857. The highest BCUT2D eigenvalue weighted by Gasteiger charge is 2.37. The summed E-state index contributed by atoms with van der Waals surface area (Å²) in [5.74, 6) is -1.23. The van der Waals surface area contributed by atoms with Crippen molar-refractivity contribution in [3.63, 3.8) is 0 Å². The number of rotatable bonds is 2. The summed E-state index contributed by atoms with van der Waals surface area (Å²) in [6.07, 6.45) is 1.32. The van der Waals surface area contributed by atoms with Gasteiger partial charge in [0.25, 0.3) is 0 Å². The van der Waals surface area contributed by atoms with E-state index in [2.05, 4.69) is 0 Å². The van der Waals surface area contributed by atoms with E-state index in [-0.39, 0.29) is 12.1 Å². The van der Waals surface area contributed by atoms with Crippen LogP contribution < -0.4 is 5.73 Å². The van der Waals surface area contributed by atoms with Crippen molar-refractivity contribution in [3.8, 4) is 0 Å². The van der Waals surface area contributed by atoms with Crippen molar-refractivity contribution in [1.82, 2.24) is 0 Å². The lowest BCUT2D eigenvalue weighted by atomic mass is 10.0. The normalized spacial score (nSPS) is 37.5. The van der Waals surface area contributed by atoms with Crippen LogP contribution in [0.15, 0.2) is 0 Å². The van der Waals surface area contributed by atoms with Crippen molar-refractivity contribution in [3.05, 3.63) is 0 Å². The van der Waals surface area contributed by atoms with E-state index >= 15 is 0 Å². The first-order chi connectivity index (χ1) is 5.16. The van der Waals surface area contributed by atoms with Crippen LogP contribution in [0.5, 0.6) is 0 Å². The van der Waals surface area contributed by atoms with Crippen LogP contribution in [-0.2, 0) is 9.53 Å². The van der Waals surface area contributed by atoms with Crippen LogP contribution >= 0.6 is 0 Å². The number of hydrogen-bond donors (Lipinski definition) is 2. The topological polar surface area (TPSA) is 72.5 Å². The van der Waals surface area contributed by atoms with Gasteiger partial charge in [0, 0.05) is 13.2 Å². The zero-order valence-corrected chi connectivity index (χ0v) is 6.49. The Morgan fingerprint density at radius 3 is 2.55 bits per heavy atom. The molecule has 1 aliphatic carbocycles. The van der Waals surface area contributed by atoms with Gasteiger partial charge in [0.2, 0.25) is 0 Å². The second kappa shape index (κ2) is 3.19. The molecule has 1 fully saturated rings. The summed E-state index contributed by atoms with van der Waals surface area (Å²) in [4.78, 5) is 10.5. The van der Waals surface area contributed by atoms with E-state index in [0.717, 1.165) is 6.42 Å². The second-order valence-electron chi connectivity index (χ2n) is 2.87. The lowest BCUT2D eigenvalue weighted by molar-refractivity contribution is -0.142. The minimum absolute atomic E-state index is 0.0731. The van der Waals surface area contributed by atoms with Crippen molar-refractivity contribution in [1.29, 1.82) is 0 Å². The maximum absolute atomic E-state index is 10.5. The van der Waals surface area contributed by atoms with Gasteiger partial charge >= 0.3 is 5.97 Å². The number of carboxylic acid groups (broad SMARTS) is 1. The zero-order chi connectivity index (χ0) is 8.43. The molecule has 64 valence electrons. The molecule has 1 saturated carbocycles. The molecular weight excluding hydrogens is 146 g/mol. The maximum atomic E-state index is 10.5. The number of carbonyl (C=O) groups is 1. The third kappa shape index (κ3) is 1.52. The summed E-state index contributed by atoms with van der Waals surface area (Å²) in [5, 5.41) is 8.66. The van der Waals surface area contributed by atoms with E-state index in [9.17, 15) is 4.79 Å². The Morgan fingerprint density at radius 1 is 1.64 bits per heavy atom. The summed E-state index contributed by atoms with van der Waals surface area (Å²) < 4.78 is 5.02. The van der Waals surface area contributed by atoms with E-state index in [1.54, 1.807) is 7.11 Å². The molecule has 0 amide bonds. The molecule has 0 radical (unpaired) electrons. The molecule has 3 N–H and O–H groups in total. The highest BCUT2D eigenvalue weighted by molar-refractivity contribution is 5.71. The van der Waals surface area contributed by atoms with Gasteiger partial charge in [0.1, 0.15) is 0 Å². The molecule has 0 aromatic heterocycles. The molecular formula is C7H13NO3. The van der Waals surface area contributed by atoms with Crippen LogP contribution in [0.1, 0.15) is 12.8 Å². The predicted molar refractivity (Wildman–Crippen MR) is 39.1 cm³/mol. The van der Waals surface area contributed by atoms with E-state index in [0.29, 0.717) is 6.42 Å². The Hall–Kier alpha value is -0.610. The average Bonchev–Trinajstić information content (AvgIpc) is 2.30. The van der Waals surface area contributed by atoms with Crippen LogP contribution in [0.4, 0.5) is 0 Å². The number of carboxylic acids is 1. The number of ether oxygens (including phenoxy) is 1. The molecule has 4 heteroatoms. The molecule has 11 heavy (non-hydrogen) atoms. The number of methoxy groups -OCH3 is 1. The molecule has 0 aliphatic heterocycles. The van der Waals surface area contributed by atoms with Crippen molar-refractivity contribution >= 4 is 5.97 Å². The third-order valence-electron chi connectivity index (χ3n) is 2.28. The summed E-state index contributed by atoms with van der Waals surface area (Å²) in [6, 6.07) is -0.336. The largest absolute Gasteiger partial charge is 0.481 e. The lowest BCUT2D eigenvalue weighted by Gasteiger charge is -2.15. The molecule has 0 spiro atoms. The molecule has 0 saturated heterocycles. The van der Waals surface area contributed by atoms with Gasteiger partial charge in [-0.3, -0.25) is 4.79 Å². The molecule has 0 bridgehead atoms. The Balaban J connectivity index is 2.55. The molecule has 0 unspecified atom stereocenters. The minimum atomic E-state index is -0.808. The van der Waals surface area contributed by atoms with Gasteiger partial charge in [0.05, 0.1) is 12.0 Å². The van der Waals surface area contributed by atoms with Crippen LogP contribution in [0, 0.1) is 5.92 Å². The van der Waals surface area contributed by atoms with E-state index in [4.69, 9.17) is 15.6 Å². The van der Waals surface area contributed by atoms with Crippen LogP contribution in [0.25, 0.3) is 0 Å². The van der Waals surface area contributed by atoms with Gasteiger partial charge in [-0.2, -0.15) is 0 Å².